The second kappa shape index (κ2) is 4.97. The Hall–Kier alpha value is -1.35. The van der Waals surface area contributed by atoms with E-state index in [0.717, 1.165) is 32.1 Å². The van der Waals surface area contributed by atoms with Crippen molar-refractivity contribution in [2.75, 3.05) is 6.54 Å². The van der Waals surface area contributed by atoms with Crippen LogP contribution in [0, 0.1) is 0 Å². The summed E-state index contributed by atoms with van der Waals surface area (Å²) >= 11 is 0. The Bertz CT molecular complexity index is 479. The third-order valence-corrected chi connectivity index (χ3v) is 4.59. The van der Waals surface area contributed by atoms with Gasteiger partial charge in [-0.1, -0.05) is 24.3 Å². The summed E-state index contributed by atoms with van der Waals surface area (Å²) in [4.78, 5) is 12.0. The average Bonchev–Trinajstić information content (AvgIpc) is 2.78. The Labute approximate surface area is 114 Å². The quantitative estimate of drug-likeness (QED) is 0.870. The maximum Gasteiger partial charge on any atom is 0.220 e. The predicted octanol–water partition coefficient (Wildman–Crippen LogP) is 2.14. The van der Waals surface area contributed by atoms with Gasteiger partial charge < -0.3 is 10.4 Å². The number of amides is 1. The van der Waals surface area contributed by atoms with Gasteiger partial charge in [-0.2, -0.15) is 0 Å². The van der Waals surface area contributed by atoms with Crippen LogP contribution in [0.2, 0.25) is 0 Å². The van der Waals surface area contributed by atoms with E-state index in [4.69, 9.17) is 0 Å². The smallest absolute Gasteiger partial charge is 0.220 e. The first-order valence-electron chi connectivity index (χ1n) is 7.23. The van der Waals surface area contributed by atoms with E-state index in [0.29, 0.717) is 18.9 Å². The number of carbonyl (C=O) groups is 1. The van der Waals surface area contributed by atoms with Crippen molar-refractivity contribution in [1.82, 2.24) is 5.32 Å². The summed E-state index contributed by atoms with van der Waals surface area (Å²) in [6.07, 6.45) is 5.41. The first kappa shape index (κ1) is 12.7. The first-order chi connectivity index (χ1) is 9.16. The molecule has 0 heterocycles. The van der Waals surface area contributed by atoms with Crippen molar-refractivity contribution in [2.24, 2.45) is 0 Å². The second-order valence-electron chi connectivity index (χ2n) is 5.99. The molecule has 1 saturated carbocycles. The normalized spacial score (nSPS) is 23.5. The van der Waals surface area contributed by atoms with Crippen LogP contribution in [0.5, 0.6) is 0 Å². The fraction of sp³-hybridized carbons (Fsp3) is 0.562. The lowest BCUT2D eigenvalue weighted by molar-refractivity contribution is -0.123. The van der Waals surface area contributed by atoms with Crippen molar-refractivity contribution in [3.63, 3.8) is 0 Å². The molecule has 2 N–H and O–H groups in total. The molecule has 1 fully saturated rings. The number of hydrogen-bond donors (Lipinski definition) is 2. The van der Waals surface area contributed by atoms with E-state index in [1.54, 1.807) is 0 Å². The van der Waals surface area contributed by atoms with Gasteiger partial charge in [0.2, 0.25) is 5.91 Å². The number of benzene rings is 1. The van der Waals surface area contributed by atoms with Gasteiger partial charge in [0.1, 0.15) is 0 Å². The number of carbonyl (C=O) groups excluding carboxylic acids is 1. The Balaban J connectivity index is 1.53. The van der Waals surface area contributed by atoms with Crippen LogP contribution in [-0.2, 0) is 11.2 Å². The molecule has 0 spiro atoms. The lowest BCUT2D eigenvalue weighted by Crippen LogP contribution is -2.47. The van der Waals surface area contributed by atoms with Gasteiger partial charge in [-0.05, 0) is 49.1 Å². The maximum absolute atomic E-state index is 12.0. The van der Waals surface area contributed by atoms with Crippen LogP contribution < -0.4 is 5.32 Å². The zero-order valence-electron chi connectivity index (χ0n) is 11.2. The van der Waals surface area contributed by atoms with E-state index < -0.39 is 5.60 Å². The molecule has 0 aliphatic heterocycles. The number of aliphatic hydroxyl groups is 1. The molecule has 1 amide bonds. The van der Waals surface area contributed by atoms with Crippen molar-refractivity contribution < 1.29 is 9.90 Å². The van der Waals surface area contributed by atoms with E-state index in [1.807, 2.05) is 6.07 Å². The number of rotatable bonds is 4. The summed E-state index contributed by atoms with van der Waals surface area (Å²) in [5, 5.41) is 12.9. The molecule has 0 bridgehead atoms. The van der Waals surface area contributed by atoms with Gasteiger partial charge in [0, 0.05) is 13.0 Å². The lowest BCUT2D eigenvalue weighted by atomic mass is 9.80. The summed E-state index contributed by atoms with van der Waals surface area (Å²) in [6.45, 7) is 0.417. The van der Waals surface area contributed by atoms with Gasteiger partial charge in [-0.25, -0.2) is 0 Å². The standard InChI is InChI=1S/C16H21NO2/c18-15(17-11-16(19)8-3-9-16)10-13-7-6-12-4-1-2-5-14(12)13/h1-2,4-5,13,19H,3,6-11H2,(H,17,18). The van der Waals surface area contributed by atoms with Gasteiger partial charge in [-0.3, -0.25) is 4.79 Å². The maximum atomic E-state index is 12.0. The molecule has 0 saturated heterocycles. The molecule has 1 unspecified atom stereocenters. The predicted molar refractivity (Wildman–Crippen MR) is 73.9 cm³/mol. The third-order valence-electron chi connectivity index (χ3n) is 4.59. The molecule has 2 aliphatic rings. The molecule has 0 aromatic heterocycles. The topological polar surface area (TPSA) is 49.3 Å². The molecule has 2 aliphatic carbocycles. The summed E-state index contributed by atoms with van der Waals surface area (Å²) in [5.41, 5.74) is 2.10. The highest BCUT2D eigenvalue weighted by Crippen LogP contribution is 2.35. The summed E-state index contributed by atoms with van der Waals surface area (Å²) in [7, 11) is 0. The molecule has 3 rings (SSSR count). The van der Waals surface area contributed by atoms with Crippen LogP contribution in [0.1, 0.15) is 49.1 Å². The van der Waals surface area contributed by atoms with Gasteiger partial charge >= 0.3 is 0 Å². The van der Waals surface area contributed by atoms with E-state index in [9.17, 15) is 9.90 Å². The Morgan fingerprint density at radius 3 is 2.89 bits per heavy atom. The number of fused-ring (bicyclic) bond motifs is 1. The van der Waals surface area contributed by atoms with Crippen LogP contribution in [0.15, 0.2) is 24.3 Å². The number of hydrogen-bond acceptors (Lipinski definition) is 2. The molecule has 1 aromatic rings. The minimum absolute atomic E-state index is 0.0713. The Kier molecular flexibility index (Phi) is 3.31. The van der Waals surface area contributed by atoms with E-state index in [2.05, 4.69) is 23.5 Å². The lowest BCUT2D eigenvalue weighted by Gasteiger charge is -2.36. The Morgan fingerprint density at radius 1 is 1.37 bits per heavy atom. The fourth-order valence-corrected chi connectivity index (χ4v) is 3.18. The summed E-state index contributed by atoms with van der Waals surface area (Å²) < 4.78 is 0. The minimum Gasteiger partial charge on any atom is -0.388 e. The average molecular weight is 259 g/mol. The minimum atomic E-state index is -0.622. The van der Waals surface area contributed by atoms with Crippen molar-refractivity contribution >= 4 is 5.91 Å². The van der Waals surface area contributed by atoms with E-state index >= 15 is 0 Å². The van der Waals surface area contributed by atoms with Crippen molar-refractivity contribution in [3.05, 3.63) is 35.4 Å². The van der Waals surface area contributed by atoms with E-state index in [-0.39, 0.29) is 5.91 Å². The highest BCUT2D eigenvalue weighted by atomic mass is 16.3. The molecule has 1 aromatic carbocycles. The molecule has 3 nitrogen and oxygen atoms in total. The zero-order chi connectivity index (χ0) is 13.3. The van der Waals surface area contributed by atoms with Crippen molar-refractivity contribution in [2.45, 2.75) is 50.0 Å². The molecular formula is C16H21NO2. The number of aryl methyl sites for hydroxylation is 1. The van der Waals surface area contributed by atoms with Crippen molar-refractivity contribution in [1.29, 1.82) is 0 Å². The monoisotopic (exact) mass is 259 g/mol. The molecule has 1 atom stereocenters. The molecular weight excluding hydrogens is 238 g/mol. The van der Waals surface area contributed by atoms with Gasteiger partial charge in [0.15, 0.2) is 0 Å². The molecule has 0 radical (unpaired) electrons. The second-order valence-corrected chi connectivity index (χ2v) is 5.99. The van der Waals surface area contributed by atoms with Gasteiger partial charge in [0.25, 0.3) is 0 Å². The molecule has 102 valence electrons. The van der Waals surface area contributed by atoms with Crippen LogP contribution >= 0.6 is 0 Å². The van der Waals surface area contributed by atoms with Gasteiger partial charge in [-0.15, -0.1) is 0 Å². The summed E-state index contributed by atoms with van der Waals surface area (Å²) in [6, 6.07) is 8.41. The Morgan fingerprint density at radius 2 is 2.16 bits per heavy atom. The highest BCUT2D eigenvalue weighted by molar-refractivity contribution is 5.77. The van der Waals surface area contributed by atoms with Crippen molar-refractivity contribution in [3.8, 4) is 0 Å². The largest absolute Gasteiger partial charge is 0.388 e. The fourth-order valence-electron chi connectivity index (χ4n) is 3.18. The number of nitrogens with one attached hydrogen (secondary N) is 1. The van der Waals surface area contributed by atoms with Crippen LogP contribution in [0.3, 0.4) is 0 Å². The SMILES string of the molecule is O=C(CC1CCc2ccccc21)NCC1(O)CCC1. The molecule has 3 heteroatoms. The van der Waals surface area contributed by atoms with Gasteiger partial charge in [0.05, 0.1) is 5.60 Å². The van der Waals surface area contributed by atoms with Crippen LogP contribution in [0.25, 0.3) is 0 Å². The van der Waals surface area contributed by atoms with E-state index in [1.165, 1.54) is 11.1 Å². The third kappa shape index (κ3) is 2.66. The first-order valence-corrected chi connectivity index (χ1v) is 7.23. The molecule has 19 heavy (non-hydrogen) atoms. The summed E-state index contributed by atoms with van der Waals surface area (Å²) in [5.74, 6) is 0.425. The zero-order valence-corrected chi connectivity index (χ0v) is 11.2. The van der Waals surface area contributed by atoms with Crippen LogP contribution in [0.4, 0.5) is 0 Å². The van der Waals surface area contributed by atoms with Crippen LogP contribution in [-0.4, -0.2) is 23.2 Å². The highest BCUT2D eigenvalue weighted by Gasteiger charge is 2.34.